The molecule has 1 amide bonds. The lowest BCUT2D eigenvalue weighted by atomic mass is 9.99. The summed E-state index contributed by atoms with van der Waals surface area (Å²) in [7, 11) is -3.40. The zero-order valence-electron chi connectivity index (χ0n) is 9.11. The number of amides is 1. The number of nitrogens with one attached hydrogen (secondary N) is 1. The monoisotopic (exact) mass is 239 g/mol. The fourth-order valence-corrected chi connectivity index (χ4v) is 1.50. The summed E-state index contributed by atoms with van der Waals surface area (Å²) in [6, 6.07) is 0. The maximum absolute atomic E-state index is 10.6. The van der Waals surface area contributed by atoms with Crippen LogP contribution in [0.2, 0.25) is 0 Å². The van der Waals surface area contributed by atoms with Crippen LogP contribution in [0.5, 0.6) is 0 Å². The van der Waals surface area contributed by atoms with E-state index in [9.17, 15) is 13.2 Å². The van der Waals surface area contributed by atoms with Gasteiger partial charge in [-0.1, -0.05) is 0 Å². The van der Waals surface area contributed by atoms with Crippen LogP contribution in [0.25, 0.3) is 0 Å². The topological polar surface area (TPSA) is 92.7 Å². The van der Waals surface area contributed by atoms with Crippen molar-refractivity contribution in [1.82, 2.24) is 5.32 Å². The van der Waals surface area contributed by atoms with Gasteiger partial charge in [0, 0.05) is 5.54 Å². The Labute approximate surface area is 89.7 Å². The highest BCUT2D eigenvalue weighted by atomic mass is 32.2. The lowest BCUT2D eigenvalue weighted by molar-refractivity contribution is 0.178. The molecule has 0 radical (unpaired) electrons. The summed E-state index contributed by atoms with van der Waals surface area (Å²) in [5, 5.41) is 10.8. The molecule has 90 valence electrons. The highest BCUT2D eigenvalue weighted by Gasteiger charge is 2.19. The Kier molecular flexibility index (Phi) is 5.02. The van der Waals surface area contributed by atoms with Crippen molar-refractivity contribution in [2.24, 2.45) is 0 Å². The smallest absolute Gasteiger partial charge is 0.405 e. The first-order valence-electron chi connectivity index (χ1n) is 4.48. The molecule has 7 heteroatoms. The van der Waals surface area contributed by atoms with Gasteiger partial charge in [-0.2, -0.15) is 8.42 Å². The molecule has 0 aliphatic heterocycles. The minimum atomic E-state index is -3.40. The predicted octanol–water partition coefficient (Wildman–Crippen LogP) is 0.789. The molecule has 0 rings (SSSR count). The van der Waals surface area contributed by atoms with E-state index in [1.54, 1.807) is 13.8 Å². The molecule has 0 spiro atoms. The summed E-state index contributed by atoms with van der Waals surface area (Å²) in [5.74, 6) is 0. The molecule has 2 N–H and O–H groups in total. The minimum absolute atomic E-state index is 0.0730. The Hall–Kier alpha value is -0.820. The van der Waals surface area contributed by atoms with Gasteiger partial charge in [-0.25, -0.2) is 4.79 Å². The van der Waals surface area contributed by atoms with Crippen molar-refractivity contribution in [2.75, 3.05) is 12.9 Å². The second-order valence-electron chi connectivity index (χ2n) is 3.94. The number of carboxylic acid groups (broad SMARTS) is 1. The van der Waals surface area contributed by atoms with E-state index in [1.165, 1.54) is 0 Å². The first kappa shape index (κ1) is 14.2. The molecule has 0 unspecified atom stereocenters. The van der Waals surface area contributed by atoms with Crippen molar-refractivity contribution in [3.8, 4) is 0 Å². The fourth-order valence-electron chi connectivity index (χ4n) is 1.08. The molecule has 0 atom stereocenters. The van der Waals surface area contributed by atoms with E-state index in [4.69, 9.17) is 5.11 Å². The molecule has 0 heterocycles. The first-order chi connectivity index (χ1) is 6.62. The van der Waals surface area contributed by atoms with E-state index < -0.39 is 21.8 Å². The average molecular weight is 239 g/mol. The van der Waals surface area contributed by atoms with Gasteiger partial charge >= 0.3 is 6.09 Å². The highest BCUT2D eigenvalue weighted by molar-refractivity contribution is 7.85. The molecule has 0 fully saturated rings. The van der Waals surface area contributed by atoms with E-state index in [1.807, 2.05) is 0 Å². The molecular formula is C8H17NO5S. The fraction of sp³-hybridized carbons (Fsp3) is 0.875. The third-order valence-corrected chi connectivity index (χ3v) is 2.28. The van der Waals surface area contributed by atoms with E-state index in [0.717, 1.165) is 6.26 Å². The zero-order valence-corrected chi connectivity index (χ0v) is 9.93. The van der Waals surface area contributed by atoms with Gasteiger partial charge in [0.25, 0.3) is 10.1 Å². The van der Waals surface area contributed by atoms with Gasteiger partial charge in [0.1, 0.15) is 0 Å². The van der Waals surface area contributed by atoms with Crippen molar-refractivity contribution in [2.45, 2.75) is 32.2 Å². The van der Waals surface area contributed by atoms with Gasteiger partial charge in [-0.3, -0.25) is 4.18 Å². The molecule has 0 aliphatic rings. The summed E-state index contributed by atoms with van der Waals surface area (Å²) in [6.45, 7) is 3.52. The van der Waals surface area contributed by atoms with Crippen LogP contribution in [0, 0.1) is 0 Å². The largest absolute Gasteiger partial charge is 0.465 e. The van der Waals surface area contributed by atoms with Crippen LogP contribution in [0.3, 0.4) is 0 Å². The standard InChI is InChI=1S/C8H17NO5S/c1-8(2,9-7(10)11)5-4-6-14-15(3,12)13/h9H,4-6H2,1-3H3,(H,10,11). The third-order valence-electron chi connectivity index (χ3n) is 1.69. The lowest BCUT2D eigenvalue weighted by Crippen LogP contribution is -2.42. The minimum Gasteiger partial charge on any atom is -0.465 e. The zero-order chi connectivity index (χ0) is 12.1. The van der Waals surface area contributed by atoms with Gasteiger partial charge in [-0.15, -0.1) is 0 Å². The molecule has 0 aromatic carbocycles. The van der Waals surface area contributed by atoms with Gasteiger partial charge in [0.2, 0.25) is 0 Å². The van der Waals surface area contributed by atoms with Crippen LogP contribution in [0.15, 0.2) is 0 Å². The molecule has 6 nitrogen and oxygen atoms in total. The Balaban J connectivity index is 3.80. The normalized spacial score (nSPS) is 12.5. The summed E-state index contributed by atoms with van der Waals surface area (Å²) in [4.78, 5) is 10.4. The summed E-state index contributed by atoms with van der Waals surface area (Å²) in [6.07, 6.45) is 0.868. The Morgan fingerprint density at radius 1 is 1.47 bits per heavy atom. The van der Waals surface area contributed by atoms with Crippen LogP contribution in [-0.4, -0.2) is 38.0 Å². The number of hydrogen-bond donors (Lipinski definition) is 2. The molecule has 0 saturated heterocycles. The molecule has 0 aromatic heterocycles. The molecule has 0 saturated carbocycles. The van der Waals surface area contributed by atoms with Crippen molar-refractivity contribution >= 4 is 16.2 Å². The van der Waals surface area contributed by atoms with Gasteiger partial charge in [-0.05, 0) is 26.7 Å². The predicted molar refractivity (Wildman–Crippen MR) is 55.3 cm³/mol. The van der Waals surface area contributed by atoms with Crippen LogP contribution >= 0.6 is 0 Å². The van der Waals surface area contributed by atoms with Crippen LogP contribution in [-0.2, 0) is 14.3 Å². The molecule has 0 aliphatic carbocycles. The van der Waals surface area contributed by atoms with Crippen molar-refractivity contribution in [1.29, 1.82) is 0 Å². The summed E-state index contributed by atoms with van der Waals surface area (Å²) in [5.41, 5.74) is -0.577. The van der Waals surface area contributed by atoms with E-state index in [0.29, 0.717) is 12.8 Å². The SMILES string of the molecule is CC(C)(CCCOS(C)(=O)=O)NC(=O)O. The van der Waals surface area contributed by atoms with Gasteiger partial charge in [0.15, 0.2) is 0 Å². The highest BCUT2D eigenvalue weighted by Crippen LogP contribution is 2.11. The first-order valence-corrected chi connectivity index (χ1v) is 6.29. The maximum atomic E-state index is 10.6. The van der Waals surface area contributed by atoms with Crippen molar-refractivity contribution in [3.05, 3.63) is 0 Å². The summed E-state index contributed by atoms with van der Waals surface area (Å²) >= 11 is 0. The maximum Gasteiger partial charge on any atom is 0.405 e. The van der Waals surface area contributed by atoms with Crippen molar-refractivity contribution in [3.63, 3.8) is 0 Å². The van der Waals surface area contributed by atoms with Crippen LogP contribution in [0.1, 0.15) is 26.7 Å². The number of carbonyl (C=O) groups is 1. The molecule has 0 aromatic rings. The van der Waals surface area contributed by atoms with Crippen molar-refractivity contribution < 1.29 is 22.5 Å². The van der Waals surface area contributed by atoms with Gasteiger partial charge in [0.05, 0.1) is 12.9 Å². The third kappa shape index (κ3) is 9.48. The average Bonchev–Trinajstić information content (AvgIpc) is 1.93. The Bertz CT molecular complexity index is 309. The summed E-state index contributed by atoms with van der Waals surface area (Å²) < 4.78 is 25.7. The number of rotatable bonds is 6. The lowest BCUT2D eigenvalue weighted by Gasteiger charge is -2.24. The second kappa shape index (κ2) is 5.32. The Morgan fingerprint density at radius 3 is 2.40 bits per heavy atom. The second-order valence-corrected chi connectivity index (χ2v) is 5.59. The molecule has 0 bridgehead atoms. The van der Waals surface area contributed by atoms with E-state index >= 15 is 0 Å². The number of hydrogen-bond acceptors (Lipinski definition) is 4. The van der Waals surface area contributed by atoms with E-state index in [2.05, 4.69) is 9.50 Å². The molecular weight excluding hydrogens is 222 g/mol. The van der Waals surface area contributed by atoms with E-state index in [-0.39, 0.29) is 6.61 Å². The molecule has 15 heavy (non-hydrogen) atoms. The van der Waals surface area contributed by atoms with Crippen LogP contribution in [0.4, 0.5) is 4.79 Å². The van der Waals surface area contributed by atoms with Gasteiger partial charge < -0.3 is 10.4 Å². The van der Waals surface area contributed by atoms with Crippen LogP contribution < -0.4 is 5.32 Å². The Morgan fingerprint density at radius 2 is 2.00 bits per heavy atom. The quantitative estimate of drug-likeness (QED) is 0.528.